The van der Waals surface area contributed by atoms with Gasteiger partial charge < -0.3 is 10.1 Å². The van der Waals surface area contributed by atoms with Gasteiger partial charge in [-0.25, -0.2) is 8.42 Å². The van der Waals surface area contributed by atoms with Gasteiger partial charge in [-0.1, -0.05) is 29.8 Å². The third kappa shape index (κ3) is 5.72. The van der Waals surface area contributed by atoms with Crippen LogP contribution < -0.4 is 14.4 Å². The lowest BCUT2D eigenvalue weighted by Crippen LogP contribution is -2.37. The van der Waals surface area contributed by atoms with E-state index in [1.807, 2.05) is 45.9 Å². The van der Waals surface area contributed by atoms with Crippen LogP contribution in [0.2, 0.25) is 0 Å². The number of carbonyl (C=O) groups is 1. The molecular weight excluding hydrogens is 364 g/mol. The second kappa shape index (κ2) is 8.43. The summed E-state index contributed by atoms with van der Waals surface area (Å²) >= 11 is 0. The predicted molar refractivity (Wildman–Crippen MR) is 109 cm³/mol. The van der Waals surface area contributed by atoms with Gasteiger partial charge in [0.2, 0.25) is 15.9 Å². The summed E-state index contributed by atoms with van der Waals surface area (Å²) in [5.74, 6) is -0.0102. The van der Waals surface area contributed by atoms with Crippen LogP contribution in [0.5, 0.6) is 5.75 Å². The lowest BCUT2D eigenvalue weighted by Gasteiger charge is -2.25. The first-order valence-electron chi connectivity index (χ1n) is 8.68. The third-order valence-corrected chi connectivity index (χ3v) is 4.97. The van der Waals surface area contributed by atoms with E-state index < -0.39 is 15.9 Å². The van der Waals surface area contributed by atoms with Crippen molar-refractivity contribution >= 4 is 27.3 Å². The van der Waals surface area contributed by atoms with Gasteiger partial charge in [-0.05, 0) is 51.5 Å². The van der Waals surface area contributed by atoms with E-state index in [-0.39, 0.29) is 12.6 Å². The van der Waals surface area contributed by atoms with Gasteiger partial charge in [0.25, 0.3) is 0 Å². The van der Waals surface area contributed by atoms with Crippen LogP contribution in [0.3, 0.4) is 0 Å². The number of hydrogen-bond acceptors (Lipinski definition) is 4. The molecule has 0 aliphatic rings. The van der Waals surface area contributed by atoms with Crippen molar-refractivity contribution in [2.24, 2.45) is 0 Å². The van der Waals surface area contributed by atoms with Crippen LogP contribution in [0.25, 0.3) is 0 Å². The zero-order valence-electron chi connectivity index (χ0n) is 16.3. The molecule has 2 rings (SSSR count). The maximum Gasteiger partial charge on any atom is 0.245 e. The highest BCUT2D eigenvalue weighted by molar-refractivity contribution is 7.92. The maximum absolute atomic E-state index is 12.6. The fourth-order valence-electron chi connectivity index (χ4n) is 2.67. The number of rotatable bonds is 7. The van der Waals surface area contributed by atoms with Crippen molar-refractivity contribution in [2.75, 3.05) is 22.4 Å². The molecular formula is C20H26N2O4S. The molecule has 2 aromatic rings. The molecule has 0 unspecified atom stereocenters. The second-order valence-electron chi connectivity index (χ2n) is 6.77. The molecule has 1 N–H and O–H groups in total. The zero-order chi connectivity index (χ0) is 20.2. The van der Waals surface area contributed by atoms with Gasteiger partial charge in [-0.3, -0.25) is 9.10 Å². The second-order valence-corrected chi connectivity index (χ2v) is 8.68. The number of nitrogens with one attached hydrogen (secondary N) is 1. The Bertz CT molecular complexity index is 923. The Morgan fingerprint density at radius 3 is 2.41 bits per heavy atom. The molecule has 27 heavy (non-hydrogen) atoms. The smallest absolute Gasteiger partial charge is 0.245 e. The largest absolute Gasteiger partial charge is 0.489 e. The van der Waals surface area contributed by atoms with Gasteiger partial charge in [0.05, 0.1) is 18.0 Å². The van der Waals surface area contributed by atoms with Gasteiger partial charge in [0.15, 0.2) is 0 Å². The van der Waals surface area contributed by atoms with Gasteiger partial charge >= 0.3 is 0 Å². The Labute approximate surface area is 161 Å². The highest BCUT2D eigenvalue weighted by Gasteiger charge is 2.24. The van der Waals surface area contributed by atoms with E-state index in [9.17, 15) is 13.2 Å². The Balaban J connectivity index is 2.29. The normalized spacial score (nSPS) is 11.3. The molecule has 0 saturated carbocycles. The maximum atomic E-state index is 12.6. The molecule has 0 aromatic heterocycles. The van der Waals surface area contributed by atoms with Gasteiger partial charge in [-0.2, -0.15) is 0 Å². The number of carbonyl (C=O) groups excluding carboxylic acids is 1. The number of benzene rings is 2. The molecule has 0 aliphatic carbocycles. The van der Waals surface area contributed by atoms with E-state index in [4.69, 9.17) is 4.74 Å². The average molecular weight is 391 g/mol. The van der Waals surface area contributed by atoms with E-state index in [1.165, 1.54) is 0 Å². The standard InChI is InChI=1S/C20H26N2O4S/c1-14(2)26-19-9-7-6-8-18(19)22(27(5,24)25)13-20(23)21-17-11-10-15(3)12-16(17)4/h6-12,14H,13H2,1-5H3,(H,21,23). The van der Waals surface area contributed by atoms with Crippen molar-refractivity contribution in [1.82, 2.24) is 0 Å². The molecule has 1 amide bonds. The van der Waals surface area contributed by atoms with E-state index in [2.05, 4.69) is 5.32 Å². The summed E-state index contributed by atoms with van der Waals surface area (Å²) in [4.78, 5) is 12.6. The van der Waals surface area contributed by atoms with Crippen LogP contribution >= 0.6 is 0 Å². The summed E-state index contributed by atoms with van der Waals surface area (Å²) in [7, 11) is -3.69. The number of nitrogens with zero attached hydrogens (tertiary/aromatic N) is 1. The first-order valence-corrected chi connectivity index (χ1v) is 10.5. The minimum absolute atomic E-state index is 0.128. The first kappa shape index (κ1) is 20.8. The van der Waals surface area contributed by atoms with Gasteiger partial charge in [-0.15, -0.1) is 0 Å². The van der Waals surface area contributed by atoms with Crippen molar-refractivity contribution in [3.8, 4) is 5.75 Å². The monoisotopic (exact) mass is 390 g/mol. The van der Waals surface area contributed by atoms with Crippen LogP contribution in [-0.2, 0) is 14.8 Å². The molecule has 0 spiro atoms. The Morgan fingerprint density at radius 1 is 1.15 bits per heavy atom. The quantitative estimate of drug-likeness (QED) is 0.785. The highest BCUT2D eigenvalue weighted by Crippen LogP contribution is 2.30. The minimum atomic E-state index is -3.69. The average Bonchev–Trinajstić information content (AvgIpc) is 2.54. The summed E-state index contributed by atoms with van der Waals surface area (Å²) in [6.07, 6.45) is 0.945. The Kier molecular flexibility index (Phi) is 6.49. The first-order chi connectivity index (χ1) is 12.6. The summed E-state index contributed by atoms with van der Waals surface area (Å²) in [5, 5.41) is 2.78. The Hall–Kier alpha value is -2.54. The molecule has 0 atom stereocenters. The van der Waals surface area contributed by atoms with Crippen LogP contribution in [0.4, 0.5) is 11.4 Å². The fraction of sp³-hybridized carbons (Fsp3) is 0.350. The molecule has 0 radical (unpaired) electrons. The number of sulfonamides is 1. The molecule has 0 bridgehead atoms. The van der Waals surface area contributed by atoms with Crippen molar-refractivity contribution < 1.29 is 17.9 Å². The van der Waals surface area contributed by atoms with Crippen LogP contribution in [0.15, 0.2) is 42.5 Å². The van der Waals surface area contributed by atoms with Crippen molar-refractivity contribution in [2.45, 2.75) is 33.8 Å². The number of amides is 1. The van der Waals surface area contributed by atoms with Crippen LogP contribution in [0, 0.1) is 13.8 Å². The molecule has 146 valence electrons. The number of anilines is 2. The summed E-state index contributed by atoms with van der Waals surface area (Å²) < 4.78 is 31.5. The topological polar surface area (TPSA) is 75.7 Å². The van der Waals surface area contributed by atoms with E-state index >= 15 is 0 Å². The number of aryl methyl sites for hydroxylation is 2. The molecule has 0 saturated heterocycles. The van der Waals surface area contributed by atoms with E-state index in [0.717, 1.165) is 21.7 Å². The van der Waals surface area contributed by atoms with Gasteiger partial charge in [0.1, 0.15) is 12.3 Å². The molecule has 7 heteroatoms. The lowest BCUT2D eigenvalue weighted by molar-refractivity contribution is -0.114. The van der Waals surface area contributed by atoms with E-state index in [0.29, 0.717) is 17.1 Å². The van der Waals surface area contributed by atoms with Crippen LogP contribution in [-0.4, -0.2) is 33.2 Å². The predicted octanol–water partition coefficient (Wildman–Crippen LogP) is 3.50. The molecule has 0 fully saturated rings. The molecule has 0 heterocycles. The van der Waals surface area contributed by atoms with Crippen molar-refractivity contribution in [3.63, 3.8) is 0 Å². The third-order valence-electron chi connectivity index (χ3n) is 3.84. The van der Waals surface area contributed by atoms with E-state index in [1.54, 1.807) is 24.3 Å². The number of ether oxygens (including phenoxy) is 1. The van der Waals surface area contributed by atoms with Crippen molar-refractivity contribution in [1.29, 1.82) is 0 Å². The van der Waals surface area contributed by atoms with Crippen LogP contribution in [0.1, 0.15) is 25.0 Å². The summed E-state index contributed by atoms with van der Waals surface area (Å²) in [5.41, 5.74) is 3.00. The zero-order valence-corrected chi connectivity index (χ0v) is 17.1. The van der Waals surface area contributed by atoms with Gasteiger partial charge in [0, 0.05) is 5.69 Å². The number of para-hydroxylation sites is 2. The highest BCUT2D eigenvalue weighted by atomic mass is 32.2. The SMILES string of the molecule is Cc1ccc(NC(=O)CN(c2ccccc2OC(C)C)S(C)(=O)=O)c(C)c1. The van der Waals surface area contributed by atoms with Crippen molar-refractivity contribution in [3.05, 3.63) is 53.6 Å². The molecule has 0 aliphatic heterocycles. The fourth-order valence-corrected chi connectivity index (χ4v) is 3.53. The summed E-state index contributed by atoms with van der Waals surface area (Å²) in [6, 6.07) is 12.4. The number of hydrogen-bond donors (Lipinski definition) is 1. The minimum Gasteiger partial charge on any atom is -0.489 e. The molecule has 2 aromatic carbocycles. The summed E-state index contributed by atoms with van der Waals surface area (Å²) in [6.45, 7) is 7.23. The molecule has 6 nitrogen and oxygen atoms in total. The lowest BCUT2D eigenvalue weighted by atomic mass is 10.1. The Morgan fingerprint density at radius 2 is 1.81 bits per heavy atom.